The van der Waals surface area contributed by atoms with Crippen molar-refractivity contribution in [3.8, 4) is 0 Å². The van der Waals surface area contributed by atoms with E-state index in [4.69, 9.17) is 0 Å². The molecule has 130 valence electrons. The first-order chi connectivity index (χ1) is 12.8. The van der Waals surface area contributed by atoms with Crippen molar-refractivity contribution in [1.29, 1.82) is 0 Å². The smallest absolute Gasteiger partial charge is 0.187 e. The average Bonchev–Trinajstić information content (AvgIpc) is 2.69. The summed E-state index contributed by atoms with van der Waals surface area (Å²) in [7, 11) is 0. The van der Waals surface area contributed by atoms with Crippen molar-refractivity contribution in [2.24, 2.45) is 0 Å². The molecular weight excluding hydrogens is 318 g/mol. The second-order valence-electron chi connectivity index (χ2n) is 6.23. The maximum atomic E-state index is 12.7. The number of anilines is 1. The molecule has 0 aromatic heterocycles. The predicted octanol–water partition coefficient (Wildman–Crippen LogP) is 5.98. The van der Waals surface area contributed by atoms with E-state index in [1.807, 2.05) is 66.7 Å². The van der Waals surface area contributed by atoms with Crippen LogP contribution in [-0.4, -0.2) is 5.78 Å². The first-order valence-corrected chi connectivity index (χ1v) is 8.98. The number of nitrogens with one attached hydrogen (secondary N) is 1. The van der Waals surface area contributed by atoms with Crippen LogP contribution in [0.25, 0.3) is 5.70 Å². The normalized spacial score (nSPS) is 11.2. The average molecular weight is 341 g/mol. The molecule has 0 saturated carbocycles. The largest absolute Gasteiger partial charge is 0.355 e. The van der Waals surface area contributed by atoms with E-state index in [-0.39, 0.29) is 5.78 Å². The first kappa shape index (κ1) is 17.7. The number of hydrogen-bond donors (Lipinski definition) is 1. The van der Waals surface area contributed by atoms with Gasteiger partial charge in [0.2, 0.25) is 0 Å². The number of carbonyl (C=O) groups is 1. The van der Waals surface area contributed by atoms with Crippen molar-refractivity contribution in [2.45, 2.75) is 19.8 Å². The third-order valence-corrected chi connectivity index (χ3v) is 4.16. The lowest BCUT2D eigenvalue weighted by molar-refractivity contribution is 0.104. The van der Waals surface area contributed by atoms with E-state index in [0.29, 0.717) is 5.56 Å². The molecule has 0 bridgehead atoms. The molecule has 0 aliphatic rings. The maximum Gasteiger partial charge on any atom is 0.187 e. The highest BCUT2D eigenvalue weighted by atomic mass is 16.1. The Morgan fingerprint density at radius 2 is 1.50 bits per heavy atom. The van der Waals surface area contributed by atoms with E-state index in [1.165, 1.54) is 5.56 Å². The van der Waals surface area contributed by atoms with Gasteiger partial charge in [0, 0.05) is 23.0 Å². The summed E-state index contributed by atoms with van der Waals surface area (Å²) < 4.78 is 0. The molecule has 0 amide bonds. The Hall–Kier alpha value is -3.13. The number of benzene rings is 3. The third kappa shape index (κ3) is 4.70. The van der Waals surface area contributed by atoms with Crippen LogP contribution in [0, 0.1) is 0 Å². The molecule has 0 spiro atoms. The fourth-order valence-corrected chi connectivity index (χ4v) is 2.87. The number of hydrogen-bond acceptors (Lipinski definition) is 2. The van der Waals surface area contributed by atoms with Crippen LogP contribution in [0.1, 0.15) is 34.8 Å². The van der Waals surface area contributed by atoms with Gasteiger partial charge in [-0.15, -0.1) is 0 Å². The molecule has 3 rings (SSSR count). The Labute approximate surface area is 155 Å². The molecule has 0 saturated heterocycles. The van der Waals surface area contributed by atoms with Crippen molar-refractivity contribution in [2.75, 3.05) is 5.32 Å². The Balaban J connectivity index is 1.93. The van der Waals surface area contributed by atoms with Gasteiger partial charge in [0.15, 0.2) is 5.78 Å². The van der Waals surface area contributed by atoms with Gasteiger partial charge in [-0.1, -0.05) is 86.1 Å². The molecule has 0 aliphatic heterocycles. The summed E-state index contributed by atoms with van der Waals surface area (Å²) in [5.41, 5.74) is 4.75. The molecule has 1 N–H and O–H groups in total. The van der Waals surface area contributed by atoms with Gasteiger partial charge >= 0.3 is 0 Å². The van der Waals surface area contributed by atoms with E-state index >= 15 is 0 Å². The number of rotatable bonds is 7. The second-order valence-corrected chi connectivity index (χ2v) is 6.23. The van der Waals surface area contributed by atoms with E-state index in [2.05, 4.69) is 30.4 Å². The highest BCUT2D eigenvalue weighted by molar-refractivity contribution is 6.09. The molecule has 0 unspecified atom stereocenters. The fourth-order valence-electron chi connectivity index (χ4n) is 2.87. The van der Waals surface area contributed by atoms with Gasteiger partial charge in [-0.25, -0.2) is 0 Å². The first-order valence-electron chi connectivity index (χ1n) is 8.98. The zero-order valence-electron chi connectivity index (χ0n) is 15.0. The lowest BCUT2D eigenvalue weighted by Gasteiger charge is -2.13. The van der Waals surface area contributed by atoms with Crippen LogP contribution in [0.2, 0.25) is 0 Å². The van der Waals surface area contributed by atoms with Crippen LogP contribution < -0.4 is 5.32 Å². The van der Waals surface area contributed by atoms with Gasteiger partial charge in [-0.2, -0.15) is 0 Å². The Morgan fingerprint density at radius 3 is 2.15 bits per heavy atom. The molecule has 0 aliphatic carbocycles. The third-order valence-electron chi connectivity index (χ3n) is 4.16. The minimum absolute atomic E-state index is 0.0123. The number of aryl methyl sites for hydroxylation is 1. The molecule has 0 atom stereocenters. The van der Waals surface area contributed by atoms with Gasteiger partial charge in [0.25, 0.3) is 0 Å². The highest BCUT2D eigenvalue weighted by Crippen LogP contribution is 2.21. The molecular formula is C24H23NO. The van der Waals surface area contributed by atoms with Crippen molar-refractivity contribution >= 4 is 17.2 Å². The molecule has 2 heteroatoms. The lowest BCUT2D eigenvalue weighted by atomic mass is 10.1. The molecule has 0 fully saturated rings. The van der Waals surface area contributed by atoms with Crippen molar-refractivity contribution < 1.29 is 4.79 Å². The quantitative estimate of drug-likeness (QED) is 0.423. The standard InChI is InChI=1S/C24H23NO/c1-2-10-19-11-9-16-22(17-19)25-23(20-12-5-3-6-13-20)18-24(26)21-14-7-4-8-15-21/h3-9,11-18,25H,2,10H2,1H3/b23-18-. The monoisotopic (exact) mass is 341 g/mol. The number of carbonyl (C=O) groups excluding carboxylic acids is 1. The molecule has 3 aromatic rings. The minimum Gasteiger partial charge on any atom is -0.355 e. The van der Waals surface area contributed by atoms with Crippen LogP contribution in [0.15, 0.2) is 91.0 Å². The Morgan fingerprint density at radius 1 is 0.846 bits per heavy atom. The Bertz CT molecular complexity index is 882. The number of ketones is 1. The second kappa shape index (κ2) is 8.82. The summed E-state index contributed by atoms with van der Waals surface area (Å²) in [6.07, 6.45) is 3.83. The van der Waals surface area contributed by atoms with E-state index in [9.17, 15) is 4.79 Å². The van der Waals surface area contributed by atoms with Gasteiger partial charge in [0.05, 0.1) is 0 Å². The van der Waals surface area contributed by atoms with E-state index < -0.39 is 0 Å². The van der Waals surface area contributed by atoms with Crippen LogP contribution in [0.5, 0.6) is 0 Å². The van der Waals surface area contributed by atoms with Gasteiger partial charge in [0.1, 0.15) is 0 Å². The molecule has 3 aromatic carbocycles. The van der Waals surface area contributed by atoms with E-state index in [0.717, 1.165) is 29.8 Å². The lowest BCUT2D eigenvalue weighted by Crippen LogP contribution is -2.04. The van der Waals surface area contributed by atoms with Crippen LogP contribution in [-0.2, 0) is 6.42 Å². The van der Waals surface area contributed by atoms with Crippen LogP contribution in [0.3, 0.4) is 0 Å². The zero-order valence-corrected chi connectivity index (χ0v) is 15.0. The predicted molar refractivity (Wildman–Crippen MR) is 109 cm³/mol. The van der Waals surface area contributed by atoms with Crippen molar-refractivity contribution in [1.82, 2.24) is 0 Å². The highest BCUT2D eigenvalue weighted by Gasteiger charge is 2.08. The van der Waals surface area contributed by atoms with Gasteiger partial charge in [-0.05, 0) is 29.7 Å². The molecule has 0 heterocycles. The summed E-state index contributed by atoms with van der Waals surface area (Å²) in [6, 6.07) is 27.7. The molecule has 0 radical (unpaired) electrons. The topological polar surface area (TPSA) is 29.1 Å². The fraction of sp³-hybridized carbons (Fsp3) is 0.125. The number of allylic oxidation sites excluding steroid dienone is 1. The Kier molecular flexibility index (Phi) is 6.00. The molecule has 26 heavy (non-hydrogen) atoms. The summed E-state index contributed by atoms with van der Waals surface area (Å²) in [5, 5.41) is 3.44. The summed E-state index contributed by atoms with van der Waals surface area (Å²) in [4.78, 5) is 12.7. The maximum absolute atomic E-state index is 12.7. The van der Waals surface area contributed by atoms with Crippen molar-refractivity contribution in [3.05, 3.63) is 108 Å². The van der Waals surface area contributed by atoms with Gasteiger partial charge in [-0.3, -0.25) is 4.79 Å². The summed E-state index contributed by atoms with van der Waals surface area (Å²) in [6.45, 7) is 2.17. The SMILES string of the molecule is CCCc1cccc(N/C(=C\C(=O)c2ccccc2)c2ccccc2)c1. The van der Waals surface area contributed by atoms with E-state index in [1.54, 1.807) is 6.08 Å². The zero-order chi connectivity index (χ0) is 18.2. The summed E-state index contributed by atoms with van der Waals surface area (Å²) >= 11 is 0. The summed E-state index contributed by atoms with van der Waals surface area (Å²) in [5.74, 6) is -0.0123. The van der Waals surface area contributed by atoms with Crippen LogP contribution in [0.4, 0.5) is 5.69 Å². The van der Waals surface area contributed by atoms with Gasteiger partial charge < -0.3 is 5.32 Å². The van der Waals surface area contributed by atoms with Crippen molar-refractivity contribution in [3.63, 3.8) is 0 Å². The minimum atomic E-state index is -0.0123. The molecule has 2 nitrogen and oxygen atoms in total. The van der Waals surface area contributed by atoms with Crippen LogP contribution >= 0.6 is 0 Å².